The maximum absolute atomic E-state index is 11.9. The van der Waals surface area contributed by atoms with Crippen molar-refractivity contribution in [2.24, 2.45) is 0 Å². The average molecular weight is 328 g/mol. The lowest BCUT2D eigenvalue weighted by atomic mass is 9.92. The van der Waals surface area contributed by atoms with Crippen molar-refractivity contribution >= 4 is 16.0 Å². The van der Waals surface area contributed by atoms with Crippen molar-refractivity contribution in [1.82, 2.24) is 4.31 Å². The molecule has 1 aromatic carbocycles. The van der Waals surface area contributed by atoms with Gasteiger partial charge in [0.25, 0.3) is 0 Å². The monoisotopic (exact) mass is 328 g/mol. The molecule has 0 N–H and O–H groups in total. The zero-order chi connectivity index (χ0) is 16.5. The summed E-state index contributed by atoms with van der Waals surface area (Å²) in [7, 11) is -0.553. The summed E-state index contributed by atoms with van der Waals surface area (Å²) in [6, 6.07) is 2.60. The van der Waals surface area contributed by atoms with Crippen molar-refractivity contribution in [3.05, 3.63) is 23.3 Å². The Kier molecular flexibility index (Phi) is 4.62. The molecule has 1 atom stereocenters. The first kappa shape index (κ1) is 16.6. The van der Waals surface area contributed by atoms with Crippen LogP contribution in [0, 0.1) is 0 Å². The van der Waals surface area contributed by atoms with Crippen molar-refractivity contribution in [3.8, 4) is 11.5 Å². The largest absolute Gasteiger partial charge is 0.550 e. The lowest BCUT2D eigenvalue weighted by Gasteiger charge is -2.36. The van der Waals surface area contributed by atoms with Crippen LogP contribution in [0.15, 0.2) is 12.1 Å². The smallest absolute Gasteiger partial charge is 0.211 e. The number of carboxylic acid groups (broad SMARTS) is 1. The molecule has 0 spiro atoms. The standard InChI is InChI=1S/C14H19NO6S/c1-20-12-6-9-4-5-15(22(3,18)19)11(8-14(16)17)10(9)7-13(12)21-2/h6-7,11H,4-5,8H2,1-3H3,(H,16,17)/p-1/t11-/m1/s1. The van der Waals surface area contributed by atoms with E-state index >= 15 is 0 Å². The molecule has 0 saturated heterocycles. The molecule has 8 heteroatoms. The molecule has 1 aliphatic rings. The zero-order valence-corrected chi connectivity index (χ0v) is 13.5. The molecule has 1 heterocycles. The predicted octanol–water partition coefficient (Wildman–Crippen LogP) is -0.297. The molecule has 0 amide bonds. The van der Waals surface area contributed by atoms with Crippen LogP contribution >= 0.6 is 0 Å². The molecule has 0 unspecified atom stereocenters. The molecule has 22 heavy (non-hydrogen) atoms. The highest BCUT2D eigenvalue weighted by molar-refractivity contribution is 7.88. The zero-order valence-electron chi connectivity index (χ0n) is 12.7. The van der Waals surface area contributed by atoms with Gasteiger partial charge in [-0.3, -0.25) is 0 Å². The van der Waals surface area contributed by atoms with E-state index in [9.17, 15) is 18.3 Å². The van der Waals surface area contributed by atoms with Gasteiger partial charge in [-0.1, -0.05) is 0 Å². The molecule has 0 saturated carbocycles. The fourth-order valence-corrected chi connectivity index (χ4v) is 3.85. The van der Waals surface area contributed by atoms with Gasteiger partial charge in [-0.25, -0.2) is 8.42 Å². The molecule has 122 valence electrons. The van der Waals surface area contributed by atoms with Crippen LogP contribution in [0.4, 0.5) is 0 Å². The van der Waals surface area contributed by atoms with E-state index in [-0.39, 0.29) is 6.54 Å². The summed E-state index contributed by atoms with van der Waals surface area (Å²) in [5.74, 6) is -0.345. The van der Waals surface area contributed by atoms with Gasteiger partial charge in [0.05, 0.1) is 26.5 Å². The Labute approximate surface area is 129 Å². The van der Waals surface area contributed by atoms with Crippen LogP contribution in [-0.4, -0.2) is 45.7 Å². The van der Waals surface area contributed by atoms with Crippen molar-refractivity contribution < 1.29 is 27.8 Å². The van der Waals surface area contributed by atoms with E-state index in [1.54, 1.807) is 12.1 Å². The third-order valence-corrected chi connectivity index (χ3v) is 5.03. The molecular weight excluding hydrogens is 310 g/mol. The topological polar surface area (TPSA) is 96.0 Å². The van der Waals surface area contributed by atoms with Gasteiger partial charge in [-0.15, -0.1) is 0 Å². The molecule has 2 rings (SSSR count). The lowest BCUT2D eigenvalue weighted by molar-refractivity contribution is -0.306. The summed E-state index contributed by atoms with van der Waals surface area (Å²) >= 11 is 0. The molecule has 1 aromatic rings. The first-order chi connectivity index (χ1) is 10.3. The van der Waals surface area contributed by atoms with Crippen molar-refractivity contribution in [3.63, 3.8) is 0 Å². The molecule has 0 aromatic heterocycles. The number of carbonyl (C=O) groups is 1. The van der Waals surface area contributed by atoms with E-state index in [0.29, 0.717) is 23.5 Å². The normalized spacial score (nSPS) is 18.6. The Hall–Kier alpha value is -1.80. The second-order valence-electron chi connectivity index (χ2n) is 5.12. The van der Waals surface area contributed by atoms with E-state index in [0.717, 1.165) is 11.8 Å². The number of hydrogen-bond donors (Lipinski definition) is 0. The summed E-state index contributed by atoms with van der Waals surface area (Å²) in [4.78, 5) is 11.0. The van der Waals surface area contributed by atoms with Crippen LogP contribution in [-0.2, 0) is 21.2 Å². The number of hydrogen-bond acceptors (Lipinski definition) is 6. The van der Waals surface area contributed by atoms with Gasteiger partial charge in [-0.2, -0.15) is 4.31 Å². The maximum Gasteiger partial charge on any atom is 0.211 e. The lowest BCUT2D eigenvalue weighted by Crippen LogP contribution is -2.42. The number of aliphatic carboxylic acids is 1. The third-order valence-electron chi connectivity index (χ3n) is 3.74. The fourth-order valence-electron chi connectivity index (χ4n) is 2.77. The van der Waals surface area contributed by atoms with Gasteiger partial charge in [0.1, 0.15) is 0 Å². The second kappa shape index (κ2) is 6.13. The summed E-state index contributed by atoms with van der Waals surface area (Å²) < 4.78 is 35.5. The minimum atomic E-state index is -3.53. The SMILES string of the molecule is COc1cc2c(cc1OC)[C@@H](CC(=O)[O-])N(S(C)(=O)=O)CC2. The number of carboxylic acids is 1. The van der Waals surface area contributed by atoms with Gasteiger partial charge in [0, 0.05) is 18.9 Å². The van der Waals surface area contributed by atoms with Crippen LogP contribution in [0.5, 0.6) is 11.5 Å². The average Bonchev–Trinajstić information content (AvgIpc) is 2.44. The van der Waals surface area contributed by atoms with E-state index in [1.165, 1.54) is 18.5 Å². The first-order valence-corrected chi connectivity index (χ1v) is 8.54. The van der Waals surface area contributed by atoms with Gasteiger partial charge in [0.15, 0.2) is 11.5 Å². The van der Waals surface area contributed by atoms with Crippen LogP contribution in [0.2, 0.25) is 0 Å². The Morgan fingerprint density at radius 1 is 1.32 bits per heavy atom. The maximum atomic E-state index is 11.9. The molecule has 0 fully saturated rings. The number of fused-ring (bicyclic) bond motifs is 1. The van der Waals surface area contributed by atoms with E-state index < -0.39 is 28.5 Å². The number of rotatable bonds is 5. The van der Waals surface area contributed by atoms with Crippen molar-refractivity contribution in [2.45, 2.75) is 18.9 Å². The highest BCUT2D eigenvalue weighted by atomic mass is 32.2. The molecule has 1 aliphatic heterocycles. The summed E-state index contributed by atoms with van der Waals surface area (Å²) in [6.45, 7) is 0.221. The third kappa shape index (κ3) is 3.17. The highest BCUT2D eigenvalue weighted by Gasteiger charge is 2.34. The second-order valence-corrected chi connectivity index (χ2v) is 7.06. The van der Waals surface area contributed by atoms with Crippen LogP contribution in [0.1, 0.15) is 23.6 Å². The quantitative estimate of drug-likeness (QED) is 0.736. The van der Waals surface area contributed by atoms with Crippen molar-refractivity contribution in [1.29, 1.82) is 0 Å². The Morgan fingerprint density at radius 3 is 2.41 bits per heavy atom. The number of ether oxygens (including phenoxy) is 2. The summed E-state index contributed by atoms with van der Waals surface area (Å²) in [5, 5.41) is 11.0. The number of nitrogens with zero attached hydrogens (tertiary/aromatic N) is 1. The molecule has 0 bridgehead atoms. The Balaban J connectivity index is 2.57. The van der Waals surface area contributed by atoms with Crippen molar-refractivity contribution in [2.75, 3.05) is 27.0 Å². The number of methoxy groups -OCH3 is 2. The Bertz CT molecular complexity index is 685. The number of sulfonamides is 1. The minimum Gasteiger partial charge on any atom is -0.550 e. The van der Waals surface area contributed by atoms with Gasteiger partial charge >= 0.3 is 0 Å². The minimum absolute atomic E-state index is 0.221. The van der Waals surface area contributed by atoms with Crippen LogP contribution in [0.3, 0.4) is 0 Å². The van der Waals surface area contributed by atoms with E-state index in [1.807, 2.05) is 0 Å². The molecule has 0 aliphatic carbocycles. The van der Waals surface area contributed by atoms with Gasteiger partial charge < -0.3 is 19.4 Å². The van der Waals surface area contributed by atoms with Crippen LogP contribution in [0.25, 0.3) is 0 Å². The number of carbonyl (C=O) groups excluding carboxylic acids is 1. The predicted molar refractivity (Wildman–Crippen MR) is 77.2 cm³/mol. The molecular formula is C14H18NO6S-. The number of benzene rings is 1. The fraction of sp³-hybridized carbons (Fsp3) is 0.500. The summed E-state index contributed by atoms with van der Waals surface area (Å²) in [5.41, 5.74) is 1.46. The Morgan fingerprint density at radius 2 is 1.91 bits per heavy atom. The summed E-state index contributed by atoms with van der Waals surface area (Å²) in [6.07, 6.45) is 1.14. The van der Waals surface area contributed by atoms with Crippen LogP contribution < -0.4 is 14.6 Å². The van der Waals surface area contributed by atoms with Gasteiger partial charge in [-0.05, 0) is 29.7 Å². The molecule has 0 radical (unpaired) electrons. The van der Waals surface area contributed by atoms with E-state index in [4.69, 9.17) is 9.47 Å². The molecule has 7 nitrogen and oxygen atoms in total. The first-order valence-electron chi connectivity index (χ1n) is 6.69. The highest BCUT2D eigenvalue weighted by Crippen LogP contribution is 2.40. The van der Waals surface area contributed by atoms with Gasteiger partial charge in [0.2, 0.25) is 10.0 Å². The van der Waals surface area contributed by atoms with E-state index in [2.05, 4.69) is 0 Å².